The van der Waals surface area contributed by atoms with Gasteiger partial charge in [0.15, 0.2) is 11.6 Å². The van der Waals surface area contributed by atoms with Crippen LogP contribution in [0.25, 0.3) is 0 Å². The van der Waals surface area contributed by atoms with Gasteiger partial charge in [0, 0.05) is 16.7 Å². The molecule has 0 aromatic heterocycles. The third-order valence-corrected chi connectivity index (χ3v) is 8.88. The van der Waals surface area contributed by atoms with Gasteiger partial charge < -0.3 is 25.2 Å². The number of ether oxygens (including phenoxy) is 1. The molecule has 3 saturated carbocycles. The molecule has 8 nitrogen and oxygen atoms in total. The molecule has 3 fully saturated rings. The Kier molecular flexibility index (Phi) is 7.55. The van der Waals surface area contributed by atoms with Crippen LogP contribution in [0.2, 0.25) is 0 Å². The van der Waals surface area contributed by atoms with Gasteiger partial charge in [-0.2, -0.15) is 0 Å². The summed E-state index contributed by atoms with van der Waals surface area (Å²) in [4.78, 5) is 34.1. The maximum atomic E-state index is 12.4. The van der Waals surface area contributed by atoms with E-state index in [2.05, 4.69) is 6.92 Å². The van der Waals surface area contributed by atoms with Crippen LogP contribution in [-0.4, -0.2) is 68.5 Å². The number of hydrogen-bond acceptors (Lipinski definition) is 7. The van der Waals surface area contributed by atoms with Crippen molar-refractivity contribution in [2.24, 2.45) is 28.6 Å². The quantitative estimate of drug-likeness (QED) is 0.469. The minimum atomic E-state index is -1.56. The normalized spacial score (nSPS) is 40.0. The first-order valence-electron chi connectivity index (χ1n) is 12.4. The Hall–Kier alpha value is -1.87. The number of carboxylic acids is 1. The predicted molar refractivity (Wildman–Crippen MR) is 128 cm³/mol. The zero-order valence-electron chi connectivity index (χ0n) is 21.4. The number of Topliss-reactive ketones (excluding diaryl/α,β-unsaturated/α-hetero) is 1. The van der Waals surface area contributed by atoms with Crippen LogP contribution < -0.4 is 0 Å². The summed E-state index contributed by atoms with van der Waals surface area (Å²) in [5.41, 5.74) is -1.89. The summed E-state index contributed by atoms with van der Waals surface area (Å²) in [7, 11) is 0. The number of allylic oxidation sites excluding steroid dienone is 4. The largest absolute Gasteiger partial charge is 0.480 e. The highest BCUT2D eigenvalue weighted by Crippen LogP contribution is 2.67. The van der Waals surface area contributed by atoms with Crippen LogP contribution >= 0.6 is 0 Å². The van der Waals surface area contributed by atoms with Gasteiger partial charge in [-0.05, 0) is 76.9 Å². The lowest BCUT2D eigenvalue weighted by Gasteiger charge is -2.59. The number of hydrogen-bond donors (Lipinski definition) is 4. The van der Waals surface area contributed by atoms with Crippen molar-refractivity contribution in [2.75, 3.05) is 13.2 Å². The molecule has 4 N–H and O–H groups in total. The van der Waals surface area contributed by atoms with Crippen molar-refractivity contribution >= 4 is 17.5 Å². The standard InChI is InChI=1S/C21H28O5.C6H12O3/c1-19-7-5-13(23)9-12(19)3-4-14-15-6-8-21(26,17(25)11-22)20(15,2)10-16(24)18(14)19;1-6(2,3)9-4-5(7)8/h5,7,9,14-16,18,22,24,26H,3-4,6,8,10-11H2,1-2H3;4H2,1-3H3,(H,7,8)/t14-,15-,16-,18+,19-,20-,21-;/m0./s1. The Bertz CT molecular complexity index is 930. The molecule has 0 heterocycles. The molecular weight excluding hydrogens is 452 g/mol. The predicted octanol–water partition coefficient (Wildman–Crippen LogP) is 2.44. The number of carbonyl (C=O) groups excluding carboxylic acids is 2. The minimum Gasteiger partial charge on any atom is -0.480 e. The van der Waals surface area contributed by atoms with Crippen molar-refractivity contribution in [3.63, 3.8) is 0 Å². The summed E-state index contributed by atoms with van der Waals surface area (Å²) in [6.45, 7) is 8.57. The van der Waals surface area contributed by atoms with Gasteiger partial charge in [0.05, 0.1) is 11.7 Å². The average molecular weight is 493 g/mol. The van der Waals surface area contributed by atoms with Gasteiger partial charge in [0.25, 0.3) is 0 Å². The van der Waals surface area contributed by atoms with Gasteiger partial charge in [0.1, 0.15) is 18.8 Å². The molecule has 0 aliphatic heterocycles. The van der Waals surface area contributed by atoms with E-state index >= 15 is 0 Å². The Morgan fingerprint density at radius 3 is 2.40 bits per heavy atom. The van der Waals surface area contributed by atoms with E-state index in [0.717, 1.165) is 24.8 Å². The van der Waals surface area contributed by atoms with Gasteiger partial charge in [-0.3, -0.25) is 9.59 Å². The molecule has 0 amide bonds. The van der Waals surface area contributed by atoms with Gasteiger partial charge in [0.2, 0.25) is 0 Å². The summed E-state index contributed by atoms with van der Waals surface area (Å²) in [6.07, 6.45) is 7.68. The third kappa shape index (κ3) is 4.90. The highest BCUT2D eigenvalue weighted by Gasteiger charge is 2.67. The Labute approximate surface area is 207 Å². The fraction of sp³-hybridized carbons (Fsp3) is 0.741. The Morgan fingerprint density at radius 1 is 1.20 bits per heavy atom. The summed E-state index contributed by atoms with van der Waals surface area (Å²) in [5.74, 6) is -1.15. The molecule has 4 aliphatic carbocycles. The molecule has 0 saturated heterocycles. The summed E-state index contributed by atoms with van der Waals surface area (Å²) in [5, 5.41) is 39.8. The SMILES string of the molecule is CC(C)(C)OCC(=O)O.C[C@]12C=CC(=O)C=C1CC[C@@H]1[C@@H]2[C@@H](O)C[C@@]2(C)[C@H]1CC[C@]2(O)C(=O)CO. The van der Waals surface area contributed by atoms with Crippen LogP contribution in [0.5, 0.6) is 0 Å². The molecule has 7 atom stereocenters. The van der Waals surface area contributed by atoms with Crippen molar-refractivity contribution in [1.29, 1.82) is 0 Å². The van der Waals surface area contributed by atoms with Crippen molar-refractivity contribution in [1.82, 2.24) is 0 Å². The monoisotopic (exact) mass is 492 g/mol. The number of carbonyl (C=O) groups is 3. The van der Waals surface area contributed by atoms with Crippen LogP contribution in [0.3, 0.4) is 0 Å². The van der Waals surface area contributed by atoms with E-state index in [4.69, 9.17) is 9.84 Å². The second kappa shape index (κ2) is 9.54. The fourth-order valence-electron chi connectivity index (χ4n) is 7.20. The number of rotatable bonds is 4. The number of aliphatic hydroxyl groups excluding tert-OH is 2. The molecule has 196 valence electrons. The lowest BCUT2D eigenvalue weighted by atomic mass is 9.46. The van der Waals surface area contributed by atoms with Crippen molar-refractivity contribution in [2.45, 2.75) is 84.0 Å². The molecule has 0 aromatic carbocycles. The summed E-state index contributed by atoms with van der Waals surface area (Å²) in [6, 6.07) is 0. The van der Waals surface area contributed by atoms with Crippen LogP contribution in [0, 0.1) is 28.6 Å². The van der Waals surface area contributed by atoms with Crippen LogP contribution in [0.15, 0.2) is 23.8 Å². The van der Waals surface area contributed by atoms with Gasteiger partial charge in [-0.15, -0.1) is 0 Å². The number of aliphatic carboxylic acids is 1. The van der Waals surface area contributed by atoms with Crippen LogP contribution in [-0.2, 0) is 19.1 Å². The zero-order chi connectivity index (χ0) is 26.4. The van der Waals surface area contributed by atoms with E-state index in [1.165, 1.54) is 0 Å². The number of carboxylic acid groups (broad SMARTS) is 1. The lowest BCUT2D eigenvalue weighted by molar-refractivity contribution is -0.178. The molecule has 0 radical (unpaired) electrons. The van der Waals surface area contributed by atoms with Gasteiger partial charge in [-0.25, -0.2) is 4.79 Å². The van der Waals surface area contributed by atoms with E-state index in [1.807, 2.05) is 33.8 Å². The molecule has 0 spiro atoms. The van der Waals surface area contributed by atoms with Crippen LogP contribution in [0.4, 0.5) is 0 Å². The zero-order valence-corrected chi connectivity index (χ0v) is 21.4. The van der Waals surface area contributed by atoms with E-state index in [0.29, 0.717) is 12.8 Å². The number of aliphatic hydroxyl groups is 3. The molecule has 0 bridgehead atoms. The van der Waals surface area contributed by atoms with Crippen molar-refractivity contribution in [3.8, 4) is 0 Å². The smallest absolute Gasteiger partial charge is 0.329 e. The number of ketones is 2. The molecule has 8 heteroatoms. The topological polar surface area (TPSA) is 141 Å². The average Bonchev–Trinajstić information content (AvgIpc) is 3.03. The third-order valence-electron chi connectivity index (χ3n) is 8.88. The highest BCUT2D eigenvalue weighted by molar-refractivity contribution is 6.01. The van der Waals surface area contributed by atoms with Gasteiger partial charge in [-0.1, -0.05) is 25.5 Å². The lowest BCUT2D eigenvalue weighted by Crippen LogP contribution is -2.61. The Morgan fingerprint density at radius 2 is 1.86 bits per heavy atom. The molecule has 4 aliphatic rings. The second-order valence-electron chi connectivity index (χ2n) is 12.0. The van der Waals surface area contributed by atoms with Crippen LogP contribution in [0.1, 0.15) is 66.7 Å². The molecule has 0 aromatic rings. The highest BCUT2D eigenvalue weighted by atomic mass is 16.5. The van der Waals surface area contributed by atoms with E-state index < -0.39 is 35.5 Å². The first kappa shape index (κ1) is 27.7. The maximum absolute atomic E-state index is 12.4. The first-order chi connectivity index (χ1) is 16.1. The van der Waals surface area contributed by atoms with Crippen molar-refractivity contribution in [3.05, 3.63) is 23.8 Å². The summed E-state index contributed by atoms with van der Waals surface area (Å²) >= 11 is 0. The summed E-state index contributed by atoms with van der Waals surface area (Å²) < 4.78 is 4.89. The Balaban J connectivity index is 0.000000327. The second-order valence-corrected chi connectivity index (χ2v) is 12.0. The van der Waals surface area contributed by atoms with Crippen molar-refractivity contribution < 1.29 is 39.5 Å². The van der Waals surface area contributed by atoms with E-state index in [9.17, 15) is 29.7 Å². The van der Waals surface area contributed by atoms with E-state index in [-0.39, 0.29) is 41.2 Å². The first-order valence-corrected chi connectivity index (χ1v) is 12.4. The molecular formula is C27H40O8. The molecule has 0 unspecified atom stereocenters. The number of fused-ring (bicyclic) bond motifs is 5. The maximum Gasteiger partial charge on any atom is 0.329 e. The van der Waals surface area contributed by atoms with E-state index in [1.54, 1.807) is 12.2 Å². The van der Waals surface area contributed by atoms with Gasteiger partial charge >= 0.3 is 5.97 Å². The molecule has 35 heavy (non-hydrogen) atoms. The fourth-order valence-corrected chi connectivity index (χ4v) is 7.20. The molecule has 4 rings (SSSR count). The minimum absolute atomic E-state index is 0.00912.